The van der Waals surface area contributed by atoms with Crippen LogP contribution in [0.25, 0.3) is 0 Å². The first kappa shape index (κ1) is 16.0. The molecular weight excluding hydrogens is 284 g/mol. The molecule has 1 saturated carbocycles. The van der Waals surface area contributed by atoms with Crippen LogP contribution in [0.2, 0.25) is 0 Å². The predicted molar refractivity (Wildman–Crippen MR) is 81.3 cm³/mol. The number of anilines is 1. The second kappa shape index (κ2) is 6.17. The topological polar surface area (TPSA) is 95.5 Å². The molecule has 1 aromatic rings. The van der Waals surface area contributed by atoms with Crippen LogP contribution >= 0.6 is 0 Å². The van der Waals surface area contributed by atoms with Gasteiger partial charge < -0.3 is 15.7 Å². The Balaban J connectivity index is 1.98. The van der Waals surface area contributed by atoms with Gasteiger partial charge in [-0.3, -0.25) is 14.4 Å². The molecule has 0 aliphatic heterocycles. The fourth-order valence-electron chi connectivity index (χ4n) is 2.34. The first-order chi connectivity index (χ1) is 10.4. The number of benzene rings is 1. The molecule has 22 heavy (non-hydrogen) atoms. The van der Waals surface area contributed by atoms with Crippen molar-refractivity contribution in [1.29, 1.82) is 0 Å². The van der Waals surface area contributed by atoms with Gasteiger partial charge in [-0.05, 0) is 37.0 Å². The normalized spacial score (nSPS) is 16.5. The van der Waals surface area contributed by atoms with Crippen LogP contribution in [0.4, 0.5) is 5.69 Å². The average molecular weight is 304 g/mol. The Labute approximate surface area is 128 Å². The number of nitrogens with one attached hydrogen (secondary N) is 2. The molecule has 118 valence electrons. The summed E-state index contributed by atoms with van der Waals surface area (Å²) in [5.74, 6) is -1.84. The number of carbonyl (C=O) groups is 3. The van der Waals surface area contributed by atoms with Gasteiger partial charge in [0.1, 0.15) is 5.41 Å². The van der Waals surface area contributed by atoms with Gasteiger partial charge in [0.15, 0.2) is 0 Å². The first-order valence-electron chi connectivity index (χ1n) is 7.24. The van der Waals surface area contributed by atoms with Gasteiger partial charge in [0.25, 0.3) is 0 Å². The molecule has 1 aliphatic rings. The summed E-state index contributed by atoms with van der Waals surface area (Å²) < 4.78 is 0. The summed E-state index contributed by atoms with van der Waals surface area (Å²) in [6.07, 6.45) is 1.56. The number of carboxylic acid groups (broad SMARTS) is 1. The standard InChI is InChI=1S/C16H20N2O4/c1-10(13(19)20)9-11-3-5-12(6-4-11)18-15(22)16(7-8-16)14(21)17-2/h3-6,10H,7-9H2,1-2H3,(H,17,21)(H,18,22)(H,19,20). The maximum absolute atomic E-state index is 12.2. The number of amides is 2. The van der Waals surface area contributed by atoms with E-state index >= 15 is 0 Å². The molecule has 1 aromatic carbocycles. The van der Waals surface area contributed by atoms with E-state index in [1.807, 2.05) is 0 Å². The highest BCUT2D eigenvalue weighted by atomic mass is 16.4. The summed E-state index contributed by atoms with van der Waals surface area (Å²) in [5, 5.41) is 14.2. The van der Waals surface area contributed by atoms with Gasteiger partial charge >= 0.3 is 5.97 Å². The maximum Gasteiger partial charge on any atom is 0.306 e. The van der Waals surface area contributed by atoms with Crippen LogP contribution in [0.1, 0.15) is 25.3 Å². The van der Waals surface area contributed by atoms with Gasteiger partial charge in [-0.15, -0.1) is 0 Å². The molecular formula is C16H20N2O4. The number of hydrogen-bond donors (Lipinski definition) is 3. The molecule has 1 atom stereocenters. The van der Waals surface area contributed by atoms with E-state index in [9.17, 15) is 14.4 Å². The van der Waals surface area contributed by atoms with E-state index in [0.29, 0.717) is 24.9 Å². The molecule has 1 unspecified atom stereocenters. The Bertz CT molecular complexity index is 591. The Hall–Kier alpha value is -2.37. The minimum Gasteiger partial charge on any atom is -0.481 e. The van der Waals surface area contributed by atoms with E-state index in [1.165, 1.54) is 7.05 Å². The smallest absolute Gasteiger partial charge is 0.306 e. The van der Waals surface area contributed by atoms with Crippen molar-refractivity contribution in [2.24, 2.45) is 11.3 Å². The van der Waals surface area contributed by atoms with Gasteiger partial charge in [-0.1, -0.05) is 19.1 Å². The zero-order chi connectivity index (χ0) is 16.3. The summed E-state index contributed by atoms with van der Waals surface area (Å²) >= 11 is 0. The zero-order valence-corrected chi connectivity index (χ0v) is 12.7. The summed E-state index contributed by atoms with van der Waals surface area (Å²) in [7, 11) is 1.52. The van der Waals surface area contributed by atoms with Crippen LogP contribution in [0.3, 0.4) is 0 Å². The molecule has 0 bridgehead atoms. The molecule has 2 rings (SSSR count). The van der Waals surface area contributed by atoms with Gasteiger partial charge in [0.2, 0.25) is 11.8 Å². The molecule has 0 saturated heterocycles. The lowest BCUT2D eigenvalue weighted by Gasteiger charge is -2.14. The lowest BCUT2D eigenvalue weighted by atomic mass is 10.0. The first-order valence-corrected chi connectivity index (χ1v) is 7.24. The van der Waals surface area contributed by atoms with Crippen LogP contribution in [0.5, 0.6) is 0 Å². The quantitative estimate of drug-likeness (QED) is 0.692. The van der Waals surface area contributed by atoms with Crippen molar-refractivity contribution >= 4 is 23.5 Å². The predicted octanol–water partition coefficient (Wildman–Crippen LogP) is 1.41. The third-order valence-electron chi connectivity index (χ3n) is 4.02. The highest BCUT2D eigenvalue weighted by Crippen LogP contribution is 2.46. The van der Waals surface area contributed by atoms with E-state index in [4.69, 9.17) is 5.11 Å². The highest BCUT2D eigenvalue weighted by Gasteiger charge is 2.56. The minimum atomic E-state index is -0.925. The van der Waals surface area contributed by atoms with Crippen LogP contribution < -0.4 is 10.6 Å². The molecule has 0 aromatic heterocycles. The van der Waals surface area contributed by atoms with Crippen LogP contribution in [0.15, 0.2) is 24.3 Å². The van der Waals surface area contributed by atoms with Crippen molar-refractivity contribution in [3.8, 4) is 0 Å². The number of rotatable bonds is 6. The van der Waals surface area contributed by atoms with E-state index in [1.54, 1.807) is 31.2 Å². The fourth-order valence-corrected chi connectivity index (χ4v) is 2.34. The third kappa shape index (κ3) is 3.27. The molecule has 0 heterocycles. The lowest BCUT2D eigenvalue weighted by molar-refractivity contribution is -0.141. The second-order valence-corrected chi connectivity index (χ2v) is 5.76. The Morgan fingerprint density at radius 3 is 2.23 bits per heavy atom. The number of carbonyl (C=O) groups excluding carboxylic acids is 2. The fraction of sp³-hybridized carbons (Fsp3) is 0.438. The summed E-state index contributed by atoms with van der Waals surface area (Å²) in [4.78, 5) is 34.8. The van der Waals surface area contributed by atoms with Crippen molar-refractivity contribution < 1.29 is 19.5 Å². The largest absolute Gasteiger partial charge is 0.481 e. The molecule has 2 amide bonds. The van der Waals surface area contributed by atoms with Crippen LogP contribution in [-0.4, -0.2) is 29.9 Å². The van der Waals surface area contributed by atoms with Crippen molar-refractivity contribution in [2.75, 3.05) is 12.4 Å². The number of carboxylic acids is 1. The third-order valence-corrected chi connectivity index (χ3v) is 4.02. The average Bonchev–Trinajstić information content (AvgIpc) is 3.30. The van der Waals surface area contributed by atoms with Gasteiger partial charge in [-0.25, -0.2) is 0 Å². The van der Waals surface area contributed by atoms with E-state index < -0.39 is 17.3 Å². The summed E-state index contributed by atoms with van der Waals surface area (Å²) in [6, 6.07) is 7.02. The van der Waals surface area contributed by atoms with Crippen LogP contribution in [0, 0.1) is 11.3 Å². The molecule has 3 N–H and O–H groups in total. The Morgan fingerprint density at radius 1 is 1.18 bits per heavy atom. The molecule has 6 heteroatoms. The summed E-state index contributed by atoms with van der Waals surface area (Å²) in [5.41, 5.74) is 0.567. The van der Waals surface area contributed by atoms with E-state index in [2.05, 4.69) is 10.6 Å². The minimum absolute atomic E-state index is 0.253. The van der Waals surface area contributed by atoms with E-state index in [0.717, 1.165) is 5.56 Å². The monoisotopic (exact) mass is 304 g/mol. The molecule has 0 spiro atoms. The van der Waals surface area contributed by atoms with Crippen LogP contribution in [-0.2, 0) is 20.8 Å². The van der Waals surface area contributed by atoms with Gasteiger partial charge in [-0.2, -0.15) is 0 Å². The number of aliphatic carboxylic acids is 1. The lowest BCUT2D eigenvalue weighted by Crippen LogP contribution is -2.38. The summed E-state index contributed by atoms with van der Waals surface area (Å²) in [6.45, 7) is 1.65. The molecule has 0 radical (unpaired) electrons. The second-order valence-electron chi connectivity index (χ2n) is 5.76. The molecule has 6 nitrogen and oxygen atoms in total. The van der Waals surface area contributed by atoms with E-state index in [-0.39, 0.29) is 11.8 Å². The zero-order valence-electron chi connectivity index (χ0n) is 12.7. The Kier molecular flexibility index (Phi) is 4.49. The molecule has 1 aliphatic carbocycles. The van der Waals surface area contributed by atoms with Crippen molar-refractivity contribution in [2.45, 2.75) is 26.2 Å². The van der Waals surface area contributed by atoms with Gasteiger partial charge in [0.05, 0.1) is 5.92 Å². The SMILES string of the molecule is CNC(=O)C1(C(=O)Nc2ccc(CC(C)C(=O)O)cc2)CC1. The van der Waals surface area contributed by atoms with Crippen molar-refractivity contribution in [1.82, 2.24) is 5.32 Å². The Morgan fingerprint density at radius 2 is 1.77 bits per heavy atom. The molecule has 1 fully saturated rings. The van der Waals surface area contributed by atoms with Crippen molar-refractivity contribution in [3.63, 3.8) is 0 Å². The van der Waals surface area contributed by atoms with Gasteiger partial charge in [0, 0.05) is 12.7 Å². The maximum atomic E-state index is 12.2. The van der Waals surface area contributed by atoms with Crippen molar-refractivity contribution in [3.05, 3.63) is 29.8 Å². The highest BCUT2D eigenvalue weighted by molar-refractivity contribution is 6.12. The number of hydrogen-bond acceptors (Lipinski definition) is 3.